The van der Waals surface area contributed by atoms with Gasteiger partial charge in [-0.25, -0.2) is 9.97 Å². The highest BCUT2D eigenvalue weighted by Crippen LogP contribution is 2.40. The van der Waals surface area contributed by atoms with Gasteiger partial charge in [-0.15, -0.1) is 24.0 Å². The average molecular weight is 476 g/mol. The molecular weight excluding hydrogens is 446 g/mol. The number of benzene rings is 1. The molecule has 3 aromatic rings. The van der Waals surface area contributed by atoms with E-state index in [1.807, 2.05) is 6.07 Å². The first-order chi connectivity index (χ1) is 15.5. The van der Waals surface area contributed by atoms with Crippen molar-refractivity contribution in [3.05, 3.63) is 28.9 Å². The van der Waals surface area contributed by atoms with Crippen LogP contribution in [0.3, 0.4) is 0 Å². The van der Waals surface area contributed by atoms with E-state index in [9.17, 15) is 4.79 Å². The molecule has 0 spiro atoms. The Morgan fingerprint density at radius 3 is 2.78 bits per heavy atom. The molecule has 0 aliphatic heterocycles. The summed E-state index contributed by atoms with van der Waals surface area (Å²) in [7, 11) is 4.95. The molecule has 1 amide bonds. The molecule has 0 fully saturated rings. The topological polar surface area (TPSA) is 103 Å². The lowest BCUT2D eigenvalue weighted by atomic mass is 9.97. The molecule has 0 bridgehead atoms. The van der Waals surface area contributed by atoms with E-state index in [4.69, 9.17) is 15.2 Å². The van der Waals surface area contributed by atoms with Gasteiger partial charge in [0.15, 0.2) is 0 Å². The zero-order chi connectivity index (χ0) is 23.1. The fraction of sp³-hybridized carbons (Fsp3) is 0.409. The van der Waals surface area contributed by atoms with E-state index in [1.165, 1.54) is 28.2 Å². The fourth-order valence-electron chi connectivity index (χ4n) is 3.45. The first kappa shape index (κ1) is 24.1. The Morgan fingerprint density at radius 2 is 2.06 bits per heavy atom. The van der Waals surface area contributed by atoms with E-state index in [0.29, 0.717) is 29.5 Å². The second-order valence-corrected chi connectivity index (χ2v) is 8.99. The summed E-state index contributed by atoms with van der Waals surface area (Å²) in [5, 5.41) is 4.53. The molecule has 0 saturated carbocycles. The lowest BCUT2D eigenvalue weighted by molar-refractivity contribution is -0.117. The van der Waals surface area contributed by atoms with Crippen LogP contribution in [0.15, 0.2) is 23.4 Å². The maximum absolute atomic E-state index is 9.88. The van der Waals surface area contributed by atoms with Crippen LogP contribution in [0.5, 0.6) is 5.75 Å². The number of methoxy groups -OCH3 is 2. The Kier molecular flexibility index (Phi) is 8.54. The number of hydrogen-bond donors (Lipinski definition) is 3. The highest BCUT2D eigenvalue weighted by Gasteiger charge is 2.20. The number of anilines is 3. The molecule has 1 aliphatic carbocycles. The maximum Gasteiger partial charge on any atom is 0.209 e. The number of thiol groups is 1. The number of carbonyl (C=O) groups excluding carboxylic acids is 1. The van der Waals surface area contributed by atoms with Crippen molar-refractivity contribution in [3.63, 3.8) is 0 Å². The van der Waals surface area contributed by atoms with E-state index in [2.05, 4.69) is 27.9 Å². The van der Waals surface area contributed by atoms with Gasteiger partial charge in [0.2, 0.25) is 6.41 Å². The maximum atomic E-state index is 9.88. The highest BCUT2D eigenvalue weighted by molar-refractivity contribution is 7.80. The number of ether oxygens (including phenoxy) is 2. The molecule has 172 valence electrons. The normalized spacial score (nSPS) is 12.5. The number of rotatable bonds is 7. The van der Waals surface area contributed by atoms with E-state index in [0.717, 1.165) is 41.0 Å². The predicted octanol–water partition coefficient (Wildman–Crippen LogP) is 3.91. The third-order valence-electron chi connectivity index (χ3n) is 5.18. The number of fused-ring (bicyclic) bond motifs is 3. The Bertz CT molecular complexity index is 1070. The molecule has 1 aromatic carbocycles. The summed E-state index contributed by atoms with van der Waals surface area (Å²) in [5.74, 6) is 1.48. The van der Waals surface area contributed by atoms with Gasteiger partial charge in [0.1, 0.15) is 22.7 Å². The van der Waals surface area contributed by atoms with Crippen LogP contribution in [0.4, 0.5) is 17.2 Å². The van der Waals surface area contributed by atoms with Crippen molar-refractivity contribution in [1.29, 1.82) is 0 Å². The van der Waals surface area contributed by atoms with Gasteiger partial charge in [0.25, 0.3) is 0 Å². The third-order valence-corrected chi connectivity index (χ3v) is 6.77. The van der Waals surface area contributed by atoms with E-state index in [1.54, 1.807) is 45.0 Å². The van der Waals surface area contributed by atoms with Crippen molar-refractivity contribution in [3.8, 4) is 5.75 Å². The van der Waals surface area contributed by atoms with E-state index in [-0.39, 0.29) is 0 Å². The molecule has 0 saturated heterocycles. The molecule has 2 heterocycles. The van der Waals surface area contributed by atoms with Gasteiger partial charge in [0.05, 0.1) is 24.8 Å². The molecule has 0 unspecified atom stereocenters. The van der Waals surface area contributed by atoms with Crippen LogP contribution in [0, 0.1) is 0 Å². The lowest BCUT2D eigenvalue weighted by Crippen LogP contribution is -2.20. The average Bonchev–Trinajstić information content (AvgIpc) is 3.19. The summed E-state index contributed by atoms with van der Waals surface area (Å²) in [4.78, 5) is 23.5. The third kappa shape index (κ3) is 5.62. The van der Waals surface area contributed by atoms with Crippen LogP contribution in [0.25, 0.3) is 10.2 Å². The predicted molar refractivity (Wildman–Crippen MR) is 133 cm³/mol. The molecule has 10 heteroatoms. The van der Waals surface area contributed by atoms with Crippen molar-refractivity contribution in [2.24, 2.45) is 0 Å². The number of amides is 1. The summed E-state index contributed by atoms with van der Waals surface area (Å²) in [6.45, 7) is 1.27. The highest BCUT2D eigenvalue weighted by atomic mass is 32.1. The summed E-state index contributed by atoms with van der Waals surface area (Å²) in [5.41, 5.74) is 8.69. The van der Waals surface area contributed by atoms with Crippen molar-refractivity contribution < 1.29 is 14.3 Å². The Balaban J connectivity index is 0.000000312. The van der Waals surface area contributed by atoms with Crippen LogP contribution in [0.2, 0.25) is 0 Å². The number of nitrogen functional groups attached to an aromatic ring is 1. The molecule has 0 radical (unpaired) electrons. The number of aromatic nitrogens is 2. The number of thiophene rings is 1. The quantitative estimate of drug-likeness (QED) is 0.270. The molecular formula is C22H29N5O3S2. The number of nitrogens with one attached hydrogen (secondary N) is 1. The summed E-state index contributed by atoms with van der Waals surface area (Å²) >= 11 is 6.19. The Labute approximate surface area is 197 Å². The molecule has 0 atom stereocenters. The number of likely N-dealkylation sites (N-methyl/N-ethyl adjacent to an activating group) is 1. The molecule has 1 aliphatic rings. The Hall–Kier alpha value is -2.56. The molecule has 3 N–H and O–H groups in total. The van der Waals surface area contributed by atoms with Crippen molar-refractivity contribution >= 4 is 57.8 Å². The first-order valence-corrected chi connectivity index (χ1v) is 11.6. The Morgan fingerprint density at radius 1 is 1.28 bits per heavy atom. The van der Waals surface area contributed by atoms with Crippen molar-refractivity contribution in [2.45, 2.75) is 30.6 Å². The number of nitrogens with two attached hydrogens (primary N) is 1. The number of hydrogen-bond acceptors (Lipinski definition) is 9. The smallest absolute Gasteiger partial charge is 0.209 e. The van der Waals surface area contributed by atoms with Crippen molar-refractivity contribution in [2.75, 3.05) is 45.5 Å². The monoisotopic (exact) mass is 475 g/mol. The zero-order valence-corrected chi connectivity index (χ0v) is 20.3. The summed E-state index contributed by atoms with van der Waals surface area (Å²) in [6.07, 6.45) is 7.09. The van der Waals surface area contributed by atoms with Gasteiger partial charge in [-0.2, -0.15) is 0 Å². The largest absolute Gasteiger partial charge is 0.494 e. The van der Waals surface area contributed by atoms with Gasteiger partial charge < -0.3 is 25.4 Å². The van der Waals surface area contributed by atoms with E-state index >= 15 is 0 Å². The van der Waals surface area contributed by atoms with E-state index < -0.39 is 0 Å². The minimum Gasteiger partial charge on any atom is -0.494 e. The van der Waals surface area contributed by atoms with Crippen LogP contribution < -0.4 is 15.8 Å². The second-order valence-electron chi connectivity index (χ2n) is 7.43. The van der Waals surface area contributed by atoms with Gasteiger partial charge in [0, 0.05) is 42.2 Å². The SMILES string of the molecule is COCCN(C)C=O.COc1cc(N)c(S)cc1Nc1ncnc2sc3c(c12)CCCC3. The minimum absolute atomic E-state index is 0.585. The van der Waals surface area contributed by atoms with Crippen LogP contribution in [-0.4, -0.2) is 55.7 Å². The molecule has 8 nitrogen and oxygen atoms in total. The van der Waals surface area contributed by atoms with Crippen LogP contribution in [-0.2, 0) is 22.4 Å². The zero-order valence-electron chi connectivity index (χ0n) is 18.6. The van der Waals surface area contributed by atoms with Gasteiger partial charge in [-0.1, -0.05) is 0 Å². The van der Waals surface area contributed by atoms with Crippen LogP contribution >= 0.6 is 24.0 Å². The van der Waals surface area contributed by atoms with Gasteiger partial charge in [-0.3, -0.25) is 4.79 Å². The van der Waals surface area contributed by atoms with Crippen LogP contribution in [0.1, 0.15) is 23.3 Å². The standard InChI is InChI=1S/C17H18N4OS2.C5H11NO2/c1-22-12-6-10(18)13(23)7-11(12)21-16-15-9-4-2-3-5-14(9)24-17(15)20-8-19-16;1-6(5-7)3-4-8-2/h6-8,23H,2-5,18H2,1H3,(H,19,20,21);5H,3-4H2,1-2H3. The number of carbonyl (C=O) groups is 1. The lowest BCUT2D eigenvalue weighted by Gasteiger charge is -2.15. The molecule has 4 rings (SSSR count). The first-order valence-electron chi connectivity index (χ1n) is 10.3. The molecule has 32 heavy (non-hydrogen) atoms. The summed E-state index contributed by atoms with van der Waals surface area (Å²) in [6, 6.07) is 3.64. The van der Waals surface area contributed by atoms with Gasteiger partial charge >= 0.3 is 0 Å². The number of nitrogens with zero attached hydrogens (tertiary/aromatic N) is 3. The molecule has 2 aromatic heterocycles. The minimum atomic E-state index is 0.585. The summed E-state index contributed by atoms with van der Waals surface area (Å²) < 4.78 is 10.2. The fourth-order valence-corrected chi connectivity index (χ4v) is 4.87. The van der Waals surface area contributed by atoms with Crippen molar-refractivity contribution in [1.82, 2.24) is 14.9 Å². The van der Waals surface area contributed by atoms with Gasteiger partial charge in [-0.05, 0) is 37.3 Å². The number of aryl methyl sites for hydroxylation is 2. The second kappa shape index (κ2) is 11.3.